The minimum absolute atomic E-state index is 0.0705. The summed E-state index contributed by atoms with van der Waals surface area (Å²) in [6.45, 7) is 8.28. The number of hydrogen-bond acceptors (Lipinski definition) is 4. The first kappa shape index (κ1) is 14.5. The second kappa shape index (κ2) is 8.48. The molecule has 17 heavy (non-hydrogen) atoms. The van der Waals surface area contributed by atoms with Crippen LogP contribution >= 0.6 is 0 Å². The van der Waals surface area contributed by atoms with Crippen molar-refractivity contribution in [2.24, 2.45) is 0 Å². The third-order valence-corrected chi connectivity index (χ3v) is 3.32. The number of ether oxygens (including phenoxy) is 1. The van der Waals surface area contributed by atoms with E-state index in [1.165, 1.54) is 0 Å². The van der Waals surface area contributed by atoms with Gasteiger partial charge in [-0.2, -0.15) is 0 Å². The Labute approximate surface area is 105 Å². The molecule has 0 radical (unpaired) electrons. The van der Waals surface area contributed by atoms with Crippen LogP contribution in [0.2, 0.25) is 0 Å². The Bertz CT molecular complexity index is 215. The third kappa shape index (κ3) is 5.50. The molecule has 0 aromatic rings. The first-order valence-corrected chi connectivity index (χ1v) is 6.88. The Balaban J connectivity index is 2.27. The molecule has 1 aliphatic heterocycles. The van der Waals surface area contributed by atoms with Crippen LogP contribution in [0.3, 0.4) is 0 Å². The maximum Gasteiger partial charge on any atom is 0.320 e. The lowest BCUT2D eigenvalue weighted by Gasteiger charge is -2.33. The molecule has 1 rings (SSSR count). The van der Waals surface area contributed by atoms with Crippen LogP contribution in [0.4, 0.5) is 0 Å². The SMILES string of the molecule is CCCCOC(=O)CN(CC)C1CCNCC1. The average molecular weight is 242 g/mol. The van der Waals surface area contributed by atoms with Crippen molar-refractivity contribution < 1.29 is 9.53 Å². The summed E-state index contributed by atoms with van der Waals surface area (Å²) in [5, 5.41) is 3.35. The van der Waals surface area contributed by atoms with Crippen molar-refractivity contribution in [2.75, 3.05) is 32.8 Å². The highest BCUT2D eigenvalue weighted by Gasteiger charge is 2.21. The van der Waals surface area contributed by atoms with Crippen molar-refractivity contribution in [3.63, 3.8) is 0 Å². The summed E-state index contributed by atoms with van der Waals surface area (Å²) in [7, 11) is 0. The van der Waals surface area contributed by atoms with Crippen LogP contribution in [-0.4, -0.2) is 49.7 Å². The molecule has 1 saturated heterocycles. The number of carbonyl (C=O) groups is 1. The molecule has 0 aromatic carbocycles. The van der Waals surface area contributed by atoms with E-state index in [9.17, 15) is 4.79 Å². The van der Waals surface area contributed by atoms with Crippen molar-refractivity contribution >= 4 is 5.97 Å². The zero-order chi connectivity index (χ0) is 12.5. The summed E-state index contributed by atoms with van der Waals surface area (Å²) in [5.41, 5.74) is 0. The van der Waals surface area contributed by atoms with Crippen LogP contribution in [0.1, 0.15) is 39.5 Å². The molecule has 0 saturated carbocycles. The quantitative estimate of drug-likeness (QED) is 0.541. The van der Waals surface area contributed by atoms with Gasteiger partial charge in [-0.1, -0.05) is 20.3 Å². The maximum atomic E-state index is 11.7. The van der Waals surface area contributed by atoms with Gasteiger partial charge in [0.1, 0.15) is 0 Å². The summed E-state index contributed by atoms with van der Waals surface area (Å²) < 4.78 is 5.21. The lowest BCUT2D eigenvalue weighted by Crippen LogP contribution is -2.45. The van der Waals surface area contributed by atoms with E-state index in [2.05, 4.69) is 24.1 Å². The molecule has 0 spiro atoms. The van der Waals surface area contributed by atoms with Crippen LogP contribution in [0.5, 0.6) is 0 Å². The van der Waals surface area contributed by atoms with E-state index in [1.807, 2.05) is 0 Å². The second-order valence-corrected chi connectivity index (χ2v) is 4.62. The highest BCUT2D eigenvalue weighted by molar-refractivity contribution is 5.71. The van der Waals surface area contributed by atoms with Gasteiger partial charge < -0.3 is 10.1 Å². The number of carbonyl (C=O) groups excluding carboxylic acids is 1. The molecular formula is C13H26N2O2. The van der Waals surface area contributed by atoms with Crippen LogP contribution < -0.4 is 5.32 Å². The molecule has 0 unspecified atom stereocenters. The van der Waals surface area contributed by atoms with Gasteiger partial charge in [0.05, 0.1) is 13.2 Å². The minimum atomic E-state index is -0.0705. The monoisotopic (exact) mass is 242 g/mol. The van der Waals surface area contributed by atoms with Crippen LogP contribution in [0.25, 0.3) is 0 Å². The number of likely N-dealkylation sites (N-methyl/N-ethyl adjacent to an activating group) is 1. The van der Waals surface area contributed by atoms with Gasteiger partial charge in [0.25, 0.3) is 0 Å². The van der Waals surface area contributed by atoms with Gasteiger partial charge in [0.15, 0.2) is 0 Å². The number of nitrogens with one attached hydrogen (secondary N) is 1. The smallest absolute Gasteiger partial charge is 0.320 e. The van der Waals surface area contributed by atoms with Gasteiger partial charge in [-0.25, -0.2) is 0 Å². The van der Waals surface area contributed by atoms with Gasteiger partial charge in [0.2, 0.25) is 0 Å². The zero-order valence-electron chi connectivity index (χ0n) is 11.2. The largest absolute Gasteiger partial charge is 0.465 e. The number of piperidine rings is 1. The molecule has 0 bridgehead atoms. The fourth-order valence-electron chi connectivity index (χ4n) is 2.21. The number of nitrogens with zero attached hydrogens (tertiary/aromatic N) is 1. The van der Waals surface area contributed by atoms with Gasteiger partial charge >= 0.3 is 5.97 Å². The predicted octanol–water partition coefficient (Wildman–Crippen LogP) is 1.40. The molecule has 1 heterocycles. The highest BCUT2D eigenvalue weighted by Crippen LogP contribution is 2.11. The molecule has 1 N–H and O–H groups in total. The fourth-order valence-corrected chi connectivity index (χ4v) is 2.21. The minimum Gasteiger partial charge on any atom is -0.465 e. The van der Waals surface area contributed by atoms with E-state index < -0.39 is 0 Å². The maximum absolute atomic E-state index is 11.7. The average Bonchev–Trinajstić information content (AvgIpc) is 2.37. The van der Waals surface area contributed by atoms with Crippen LogP contribution in [0, 0.1) is 0 Å². The summed E-state index contributed by atoms with van der Waals surface area (Å²) >= 11 is 0. The van der Waals surface area contributed by atoms with Crippen LogP contribution in [-0.2, 0) is 9.53 Å². The molecule has 0 aliphatic carbocycles. The molecule has 0 aromatic heterocycles. The zero-order valence-corrected chi connectivity index (χ0v) is 11.2. The van der Waals surface area contributed by atoms with Gasteiger partial charge in [-0.05, 0) is 38.9 Å². The topological polar surface area (TPSA) is 41.6 Å². The summed E-state index contributed by atoms with van der Waals surface area (Å²) in [6, 6.07) is 0.542. The van der Waals surface area contributed by atoms with E-state index in [1.54, 1.807) is 0 Å². The standard InChI is InChI=1S/C13H26N2O2/c1-3-5-10-17-13(16)11-15(4-2)12-6-8-14-9-7-12/h12,14H,3-11H2,1-2H3. The van der Waals surface area contributed by atoms with E-state index in [-0.39, 0.29) is 5.97 Å². The van der Waals surface area contributed by atoms with Crippen molar-refractivity contribution in [1.82, 2.24) is 10.2 Å². The molecule has 100 valence electrons. The molecular weight excluding hydrogens is 216 g/mol. The van der Waals surface area contributed by atoms with Crippen molar-refractivity contribution in [3.05, 3.63) is 0 Å². The Kier molecular flexibility index (Phi) is 7.21. The normalized spacial score (nSPS) is 17.4. The van der Waals surface area contributed by atoms with E-state index in [0.29, 0.717) is 19.2 Å². The number of hydrogen-bond donors (Lipinski definition) is 1. The third-order valence-electron chi connectivity index (χ3n) is 3.32. The van der Waals surface area contributed by atoms with Crippen molar-refractivity contribution in [3.8, 4) is 0 Å². The van der Waals surface area contributed by atoms with Crippen molar-refractivity contribution in [1.29, 1.82) is 0 Å². The van der Waals surface area contributed by atoms with Gasteiger partial charge in [-0.3, -0.25) is 9.69 Å². The summed E-state index contributed by atoms with van der Waals surface area (Å²) in [5.74, 6) is -0.0705. The van der Waals surface area contributed by atoms with Gasteiger partial charge in [-0.15, -0.1) is 0 Å². The van der Waals surface area contributed by atoms with Crippen LogP contribution in [0.15, 0.2) is 0 Å². The highest BCUT2D eigenvalue weighted by atomic mass is 16.5. The van der Waals surface area contributed by atoms with E-state index in [0.717, 1.165) is 45.3 Å². The second-order valence-electron chi connectivity index (χ2n) is 4.62. The summed E-state index contributed by atoms with van der Waals surface area (Å²) in [4.78, 5) is 13.9. The molecule has 4 nitrogen and oxygen atoms in total. The molecule has 1 aliphatic rings. The predicted molar refractivity (Wildman–Crippen MR) is 69.0 cm³/mol. The number of rotatable bonds is 7. The molecule has 4 heteroatoms. The fraction of sp³-hybridized carbons (Fsp3) is 0.923. The summed E-state index contributed by atoms with van der Waals surface area (Å²) in [6.07, 6.45) is 4.30. The van der Waals surface area contributed by atoms with E-state index in [4.69, 9.17) is 4.74 Å². The first-order chi connectivity index (χ1) is 8.27. The Morgan fingerprint density at radius 1 is 1.35 bits per heavy atom. The first-order valence-electron chi connectivity index (χ1n) is 6.88. The Morgan fingerprint density at radius 2 is 2.06 bits per heavy atom. The molecule has 0 atom stereocenters. The van der Waals surface area contributed by atoms with E-state index >= 15 is 0 Å². The Morgan fingerprint density at radius 3 is 2.65 bits per heavy atom. The number of esters is 1. The lowest BCUT2D eigenvalue weighted by molar-refractivity contribution is -0.145. The Hall–Kier alpha value is -0.610. The van der Waals surface area contributed by atoms with Gasteiger partial charge in [0, 0.05) is 6.04 Å². The number of unbranched alkanes of at least 4 members (excludes halogenated alkanes) is 1. The lowest BCUT2D eigenvalue weighted by atomic mass is 10.1. The molecule has 0 amide bonds. The van der Waals surface area contributed by atoms with Crippen molar-refractivity contribution in [2.45, 2.75) is 45.6 Å². The molecule has 1 fully saturated rings.